The van der Waals surface area contributed by atoms with Gasteiger partial charge in [-0.05, 0) is 32.8 Å². The summed E-state index contributed by atoms with van der Waals surface area (Å²) in [5, 5.41) is 0.633. The van der Waals surface area contributed by atoms with Gasteiger partial charge in [0.1, 0.15) is 4.83 Å². The van der Waals surface area contributed by atoms with E-state index in [4.69, 9.17) is 5.73 Å². The zero-order valence-corrected chi connectivity index (χ0v) is 12.5. The molecule has 0 spiro atoms. The minimum Gasteiger partial charge on any atom is -0.324 e. The van der Waals surface area contributed by atoms with Gasteiger partial charge in [0, 0.05) is 17.0 Å². The van der Waals surface area contributed by atoms with Crippen molar-refractivity contribution in [3.63, 3.8) is 0 Å². The van der Waals surface area contributed by atoms with Crippen LogP contribution in [0.3, 0.4) is 0 Å². The highest BCUT2D eigenvalue weighted by molar-refractivity contribution is 7.18. The molecule has 2 aromatic heterocycles. The summed E-state index contributed by atoms with van der Waals surface area (Å²) in [5.74, 6) is 0. The molecule has 0 aliphatic carbocycles. The predicted octanol–water partition coefficient (Wildman–Crippen LogP) is 1.36. The van der Waals surface area contributed by atoms with Crippen molar-refractivity contribution in [1.29, 1.82) is 0 Å². The highest BCUT2D eigenvalue weighted by Crippen LogP contribution is 2.26. The Morgan fingerprint density at radius 3 is 2.53 bits per heavy atom. The second-order valence-electron chi connectivity index (χ2n) is 5.50. The molecule has 0 unspecified atom stereocenters. The van der Waals surface area contributed by atoms with Gasteiger partial charge in [-0.1, -0.05) is 6.92 Å². The zero-order chi connectivity index (χ0) is 14.4. The fourth-order valence-corrected chi connectivity index (χ4v) is 3.39. The molecule has 19 heavy (non-hydrogen) atoms. The first kappa shape index (κ1) is 14.0. The van der Waals surface area contributed by atoms with Gasteiger partial charge in [0.25, 0.3) is 5.56 Å². The van der Waals surface area contributed by atoms with Crippen LogP contribution in [0.2, 0.25) is 0 Å². The van der Waals surface area contributed by atoms with Crippen molar-refractivity contribution < 1.29 is 0 Å². The fraction of sp³-hybridized carbons (Fsp3) is 0.538. The molecule has 0 aliphatic rings. The molecule has 6 heteroatoms. The number of nitrogens with two attached hydrogens (primary N) is 1. The van der Waals surface area contributed by atoms with Gasteiger partial charge in [0.2, 0.25) is 0 Å². The van der Waals surface area contributed by atoms with Crippen LogP contribution < -0.4 is 17.0 Å². The van der Waals surface area contributed by atoms with Gasteiger partial charge < -0.3 is 5.73 Å². The lowest BCUT2D eigenvalue weighted by Gasteiger charge is -2.19. The van der Waals surface area contributed by atoms with Crippen molar-refractivity contribution >= 4 is 21.6 Å². The van der Waals surface area contributed by atoms with E-state index in [0.29, 0.717) is 10.2 Å². The maximum absolute atomic E-state index is 12.5. The predicted molar refractivity (Wildman–Crippen MR) is 79.1 cm³/mol. The Bertz CT molecular complexity index is 731. The van der Waals surface area contributed by atoms with E-state index in [2.05, 4.69) is 4.98 Å². The van der Waals surface area contributed by atoms with Crippen LogP contribution in [0.1, 0.15) is 31.2 Å². The second kappa shape index (κ2) is 4.61. The van der Waals surface area contributed by atoms with E-state index in [0.717, 1.165) is 16.9 Å². The lowest BCUT2D eigenvalue weighted by atomic mass is 10.1. The van der Waals surface area contributed by atoms with E-state index >= 15 is 0 Å². The molecule has 5 nitrogen and oxygen atoms in total. The Labute approximate surface area is 115 Å². The minimum atomic E-state index is -0.609. The lowest BCUT2D eigenvalue weighted by molar-refractivity contribution is 0.417. The number of fused-ring (bicyclic) bond motifs is 1. The van der Waals surface area contributed by atoms with Gasteiger partial charge in [-0.15, -0.1) is 11.3 Å². The molecule has 104 valence electrons. The third kappa shape index (κ3) is 2.50. The quantitative estimate of drug-likeness (QED) is 0.891. The Hall–Kier alpha value is -1.40. The summed E-state index contributed by atoms with van der Waals surface area (Å²) in [6, 6.07) is 0. The van der Waals surface area contributed by atoms with Crippen molar-refractivity contribution in [1.82, 2.24) is 9.55 Å². The van der Waals surface area contributed by atoms with Crippen LogP contribution in [0.4, 0.5) is 0 Å². The number of thiophene rings is 1. The van der Waals surface area contributed by atoms with Crippen LogP contribution in [0, 0.1) is 6.92 Å². The first-order valence-electron chi connectivity index (χ1n) is 6.28. The van der Waals surface area contributed by atoms with Crippen LogP contribution in [-0.4, -0.2) is 15.1 Å². The molecule has 0 saturated carbocycles. The molecule has 0 fully saturated rings. The molecule has 0 bridgehead atoms. The summed E-state index contributed by atoms with van der Waals surface area (Å²) in [7, 11) is 0. The summed E-state index contributed by atoms with van der Waals surface area (Å²) < 4.78 is 1.20. The number of hydrogen-bond acceptors (Lipinski definition) is 4. The maximum Gasteiger partial charge on any atom is 0.329 e. The van der Waals surface area contributed by atoms with Crippen LogP contribution in [-0.2, 0) is 13.0 Å². The number of aryl methyl sites for hydroxylation is 2. The highest BCUT2D eigenvalue weighted by atomic mass is 32.1. The Morgan fingerprint density at radius 2 is 2.00 bits per heavy atom. The molecule has 2 aromatic rings. The zero-order valence-electron chi connectivity index (χ0n) is 11.7. The van der Waals surface area contributed by atoms with Gasteiger partial charge in [0.15, 0.2) is 0 Å². The van der Waals surface area contributed by atoms with E-state index in [1.54, 1.807) is 13.8 Å². The van der Waals surface area contributed by atoms with Crippen molar-refractivity contribution in [2.75, 3.05) is 0 Å². The van der Waals surface area contributed by atoms with Gasteiger partial charge in [-0.25, -0.2) is 4.79 Å². The van der Waals surface area contributed by atoms with Crippen LogP contribution in [0.15, 0.2) is 9.59 Å². The fourth-order valence-electron chi connectivity index (χ4n) is 2.26. The van der Waals surface area contributed by atoms with E-state index in [-0.39, 0.29) is 17.8 Å². The number of aromatic nitrogens is 2. The average molecular weight is 281 g/mol. The molecular formula is C13H19N3O2S. The van der Waals surface area contributed by atoms with E-state index in [1.165, 1.54) is 15.9 Å². The lowest BCUT2D eigenvalue weighted by Crippen LogP contribution is -2.46. The van der Waals surface area contributed by atoms with Crippen molar-refractivity contribution in [3.8, 4) is 0 Å². The number of nitrogens with zero attached hydrogens (tertiary/aromatic N) is 1. The number of rotatable bonds is 3. The summed E-state index contributed by atoms with van der Waals surface area (Å²) in [4.78, 5) is 29.0. The third-order valence-electron chi connectivity index (χ3n) is 3.05. The number of aromatic amines is 1. The molecule has 0 amide bonds. The molecule has 2 rings (SSSR count). The number of hydrogen-bond donors (Lipinski definition) is 2. The van der Waals surface area contributed by atoms with E-state index < -0.39 is 5.54 Å². The number of nitrogens with one attached hydrogen (secondary N) is 1. The van der Waals surface area contributed by atoms with Gasteiger partial charge in [-0.2, -0.15) is 0 Å². The third-order valence-corrected chi connectivity index (χ3v) is 4.12. The number of H-pyrrole nitrogens is 1. The SMILES string of the molecule is CCc1c(C)sc2[nH]c(=O)n(CC(C)(C)N)c(=O)c12. The first-order chi connectivity index (χ1) is 8.74. The smallest absolute Gasteiger partial charge is 0.324 e. The molecule has 0 saturated heterocycles. The summed E-state index contributed by atoms with van der Waals surface area (Å²) in [6.07, 6.45) is 0.777. The molecule has 0 atom stereocenters. The van der Waals surface area contributed by atoms with E-state index in [9.17, 15) is 9.59 Å². The second-order valence-corrected chi connectivity index (χ2v) is 6.73. The Balaban J connectivity index is 2.81. The van der Waals surface area contributed by atoms with Gasteiger partial charge >= 0.3 is 5.69 Å². The largest absolute Gasteiger partial charge is 0.329 e. The van der Waals surface area contributed by atoms with Crippen LogP contribution >= 0.6 is 11.3 Å². The van der Waals surface area contributed by atoms with Crippen LogP contribution in [0.5, 0.6) is 0 Å². The van der Waals surface area contributed by atoms with E-state index in [1.807, 2.05) is 13.8 Å². The monoisotopic (exact) mass is 281 g/mol. The minimum absolute atomic E-state index is 0.204. The highest BCUT2D eigenvalue weighted by Gasteiger charge is 2.19. The molecular weight excluding hydrogens is 262 g/mol. The maximum atomic E-state index is 12.5. The van der Waals surface area contributed by atoms with Crippen molar-refractivity contribution in [2.45, 2.75) is 46.2 Å². The summed E-state index contributed by atoms with van der Waals surface area (Å²) in [5.41, 5.74) is 5.70. The van der Waals surface area contributed by atoms with Crippen molar-refractivity contribution in [2.24, 2.45) is 5.73 Å². The molecule has 0 aliphatic heterocycles. The normalized spacial score (nSPS) is 12.3. The molecule has 3 N–H and O–H groups in total. The standard InChI is InChI=1S/C13H19N3O2S/c1-5-8-7(2)19-10-9(8)11(17)16(12(18)15-10)6-13(3,4)14/h5-6,14H2,1-4H3,(H,15,18). The molecule has 0 radical (unpaired) electrons. The summed E-state index contributed by atoms with van der Waals surface area (Å²) in [6.45, 7) is 7.77. The summed E-state index contributed by atoms with van der Waals surface area (Å²) >= 11 is 1.46. The Morgan fingerprint density at radius 1 is 1.37 bits per heavy atom. The average Bonchev–Trinajstić information content (AvgIpc) is 2.58. The molecule has 0 aromatic carbocycles. The Kier molecular flexibility index (Phi) is 3.40. The molecule has 2 heterocycles. The van der Waals surface area contributed by atoms with Gasteiger partial charge in [0.05, 0.1) is 5.39 Å². The van der Waals surface area contributed by atoms with Gasteiger partial charge in [-0.3, -0.25) is 14.3 Å². The van der Waals surface area contributed by atoms with Crippen molar-refractivity contribution in [3.05, 3.63) is 31.3 Å². The first-order valence-corrected chi connectivity index (χ1v) is 7.10. The van der Waals surface area contributed by atoms with Crippen LogP contribution in [0.25, 0.3) is 10.2 Å². The topological polar surface area (TPSA) is 80.9 Å².